The molecule has 2 heterocycles. The van der Waals surface area contributed by atoms with Crippen molar-refractivity contribution in [1.29, 1.82) is 0 Å². The first-order valence-electron chi connectivity index (χ1n) is 5.23. The van der Waals surface area contributed by atoms with Crippen molar-refractivity contribution in [2.45, 2.75) is 12.1 Å². The van der Waals surface area contributed by atoms with Gasteiger partial charge in [-0.1, -0.05) is 18.2 Å². The number of fused-ring (bicyclic) bond motifs is 1. The molecule has 1 aliphatic heterocycles. The van der Waals surface area contributed by atoms with Gasteiger partial charge in [-0.2, -0.15) is 0 Å². The number of rotatable bonds is 1. The third kappa shape index (κ3) is 1.39. The van der Waals surface area contributed by atoms with Gasteiger partial charge >= 0.3 is 0 Å². The predicted octanol–water partition coefficient (Wildman–Crippen LogP) is 1.55. The number of ether oxygens (including phenoxy) is 1. The van der Waals surface area contributed by atoms with E-state index in [0.717, 1.165) is 11.3 Å². The Morgan fingerprint density at radius 3 is 3.06 bits per heavy atom. The van der Waals surface area contributed by atoms with Crippen LogP contribution in [0.25, 0.3) is 0 Å². The van der Waals surface area contributed by atoms with Crippen LogP contribution < -0.4 is 4.74 Å². The Balaban J connectivity index is 1.98. The molecule has 82 valence electrons. The van der Waals surface area contributed by atoms with Crippen molar-refractivity contribution in [3.63, 3.8) is 0 Å². The van der Waals surface area contributed by atoms with Crippen LogP contribution in [-0.2, 0) is 0 Å². The fourth-order valence-corrected chi connectivity index (χ4v) is 2.04. The maximum absolute atomic E-state index is 10.3. The zero-order chi connectivity index (χ0) is 11.0. The first-order chi connectivity index (χ1) is 7.86. The van der Waals surface area contributed by atoms with Crippen molar-refractivity contribution >= 4 is 0 Å². The zero-order valence-corrected chi connectivity index (χ0v) is 8.65. The molecule has 16 heavy (non-hydrogen) atoms. The molecule has 0 radical (unpaired) electrons. The Morgan fingerprint density at radius 1 is 1.38 bits per heavy atom. The van der Waals surface area contributed by atoms with Gasteiger partial charge in [0.05, 0.1) is 12.4 Å². The van der Waals surface area contributed by atoms with Crippen LogP contribution in [0, 0.1) is 0 Å². The summed E-state index contributed by atoms with van der Waals surface area (Å²) in [7, 11) is 0. The summed E-state index contributed by atoms with van der Waals surface area (Å²) in [6, 6.07) is 7.48. The van der Waals surface area contributed by atoms with Gasteiger partial charge in [0.2, 0.25) is 0 Å². The SMILES string of the molecule is OC1c2ccccc2OCC1n1ccnc1. The number of nitrogens with zero attached hydrogens (tertiary/aromatic N) is 2. The van der Waals surface area contributed by atoms with Crippen LogP contribution >= 0.6 is 0 Å². The van der Waals surface area contributed by atoms with E-state index in [1.807, 2.05) is 35.0 Å². The second-order valence-corrected chi connectivity index (χ2v) is 3.87. The van der Waals surface area contributed by atoms with E-state index < -0.39 is 6.10 Å². The van der Waals surface area contributed by atoms with E-state index in [4.69, 9.17) is 4.74 Å². The summed E-state index contributed by atoms with van der Waals surface area (Å²) in [5.41, 5.74) is 0.840. The molecule has 1 N–H and O–H groups in total. The second kappa shape index (κ2) is 3.64. The summed E-state index contributed by atoms with van der Waals surface area (Å²) >= 11 is 0. The third-order valence-corrected chi connectivity index (χ3v) is 2.92. The highest BCUT2D eigenvalue weighted by molar-refractivity contribution is 5.37. The Hall–Kier alpha value is -1.81. The number of benzene rings is 1. The lowest BCUT2D eigenvalue weighted by Gasteiger charge is -2.30. The molecular formula is C12H12N2O2. The van der Waals surface area contributed by atoms with Crippen LogP contribution in [0.3, 0.4) is 0 Å². The number of hydrogen-bond acceptors (Lipinski definition) is 3. The van der Waals surface area contributed by atoms with E-state index in [-0.39, 0.29) is 6.04 Å². The van der Waals surface area contributed by atoms with Gasteiger partial charge in [0.1, 0.15) is 18.5 Å². The highest BCUT2D eigenvalue weighted by atomic mass is 16.5. The standard InChI is InChI=1S/C12H12N2O2/c15-12-9-3-1-2-4-11(9)16-7-10(12)14-6-5-13-8-14/h1-6,8,10,12,15H,7H2. The summed E-state index contributed by atoms with van der Waals surface area (Å²) in [6.45, 7) is 0.467. The summed E-state index contributed by atoms with van der Waals surface area (Å²) in [6.07, 6.45) is 4.70. The quantitative estimate of drug-likeness (QED) is 0.786. The zero-order valence-electron chi connectivity index (χ0n) is 8.65. The number of aliphatic hydroxyl groups excluding tert-OH is 1. The molecular weight excluding hydrogens is 204 g/mol. The molecule has 1 aromatic carbocycles. The molecule has 0 aliphatic carbocycles. The van der Waals surface area contributed by atoms with Crippen LogP contribution in [0.15, 0.2) is 43.0 Å². The maximum atomic E-state index is 10.3. The molecule has 0 bridgehead atoms. The molecule has 0 saturated heterocycles. The van der Waals surface area contributed by atoms with Crippen molar-refractivity contribution < 1.29 is 9.84 Å². The van der Waals surface area contributed by atoms with E-state index in [0.29, 0.717) is 6.61 Å². The van der Waals surface area contributed by atoms with Gasteiger partial charge in [-0.15, -0.1) is 0 Å². The lowest BCUT2D eigenvalue weighted by atomic mass is 9.99. The van der Waals surface area contributed by atoms with Gasteiger partial charge in [0.25, 0.3) is 0 Å². The average Bonchev–Trinajstić information content (AvgIpc) is 2.83. The van der Waals surface area contributed by atoms with Crippen molar-refractivity contribution in [1.82, 2.24) is 9.55 Å². The lowest BCUT2D eigenvalue weighted by Crippen LogP contribution is -2.28. The summed E-state index contributed by atoms with van der Waals surface area (Å²) in [5, 5.41) is 10.3. The monoisotopic (exact) mass is 216 g/mol. The Kier molecular flexibility index (Phi) is 2.15. The number of para-hydroxylation sites is 1. The molecule has 2 atom stereocenters. The molecule has 4 nitrogen and oxygen atoms in total. The third-order valence-electron chi connectivity index (χ3n) is 2.92. The predicted molar refractivity (Wildman–Crippen MR) is 58.2 cm³/mol. The maximum Gasteiger partial charge on any atom is 0.125 e. The first kappa shape index (κ1) is 9.42. The highest BCUT2D eigenvalue weighted by Gasteiger charge is 2.29. The van der Waals surface area contributed by atoms with Gasteiger partial charge in [-0.05, 0) is 6.07 Å². The minimum Gasteiger partial charge on any atom is -0.491 e. The van der Waals surface area contributed by atoms with E-state index in [1.54, 1.807) is 12.5 Å². The molecule has 1 aliphatic rings. The van der Waals surface area contributed by atoms with Gasteiger partial charge in [0.15, 0.2) is 0 Å². The fourth-order valence-electron chi connectivity index (χ4n) is 2.04. The molecule has 2 aromatic rings. The highest BCUT2D eigenvalue weighted by Crippen LogP contribution is 2.37. The summed E-state index contributed by atoms with van der Waals surface area (Å²) in [5.74, 6) is 0.770. The van der Waals surface area contributed by atoms with Crippen molar-refractivity contribution in [2.24, 2.45) is 0 Å². The number of hydrogen-bond donors (Lipinski definition) is 1. The largest absolute Gasteiger partial charge is 0.491 e. The minimum atomic E-state index is -0.542. The molecule has 3 rings (SSSR count). The molecule has 2 unspecified atom stereocenters. The fraction of sp³-hybridized carbons (Fsp3) is 0.250. The van der Waals surface area contributed by atoms with E-state index >= 15 is 0 Å². The van der Waals surface area contributed by atoms with Gasteiger partial charge in [-0.25, -0.2) is 4.98 Å². The van der Waals surface area contributed by atoms with Crippen molar-refractivity contribution in [3.8, 4) is 5.75 Å². The molecule has 1 aromatic heterocycles. The second-order valence-electron chi connectivity index (χ2n) is 3.87. The van der Waals surface area contributed by atoms with Gasteiger partial charge in [-0.3, -0.25) is 0 Å². The van der Waals surface area contributed by atoms with Crippen LogP contribution in [0.1, 0.15) is 17.7 Å². The van der Waals surface area contributed by atoms with E-state index in [1.165, 1.54) is 0 Å². The minimum absolute atomic E-state index is 0.0996. The van der Waals surface area contributed by atoms with Crippen molar-refractivity contribution in [2.75, 3.05) is 6.61 Å². The van der Waals surface area contributed by atoms with Crippen LogP contribution in [0.2, 0.25) is 0 Å². The molecule has 0 amide bonds. The van der Waals surface area contributed by atoms with Crippen LogP contribution in [-0.4, -0.2) is 21.3 Å². The van der Waals surface area contributed by atoms with Crippen LogP contribution in [0.4, 0.5) is 0 Å². The van der Waals surface area contributed by atoms with Crippen LogP contribution in [0.5, 0.6) is 5.75 Å². The smallest absolute Gasteiger partial charge is 0.125 e. The number of aromatic nitrogens is 2. The topological polar surface area (TPSA) is 47.3 Å². The summed E-state index contributed by atoms with van der Waals surface area (Å²) < 4.78 is 7.50. The normalized spacial score (nSPS) is 23.6. The van der Waals surface area contributed by atoms with Gasteiger partial charge in [0, 0.05) is 18.0 Å². The van der Waals surface area contributed by atoms with Crippen molar-refractivity contribution in [3.05, 3.63) is 48.5 Å². The number of aliphatic hydroxyl groups is 1. The Morgan fingerprint density at radius 2 is 2.25 bits per heavy atom. The average molecular weight is 216 g/mol. The molecule has 4 heteroatoms. The molecule has 0 fully saturated rings. The van der Waals surface area contributed by atoms with E-state index in [2.05, 4.69) is 4.98 Å². The summed E-state index contributed by atoms with van der Waals surface area (Å²) in [4.78, 5) is 3.98. The first-order valence-corrected chi connectivity index (χ1v) is 5.23. The molecule has 0 spiro atoms. The van der Waals surface area contributed by atoms with E-state index in [9.17, 15) is 5.11 Å². The lowest BCUT2D eigenvalue weighted by molar-refractivity contribution is 0.0569. The molecule has 0 saturated carbocycles. The van der Waals surface area contributed by atoms with Gasteiger partial charge < -0.3 is 14.4 Å². The Bertz CT molecular complexity index is 482. The number of imidazole rings is 1. The Labute approximate surface area is 93.1 Å².